The van der Waals surface area contributed by atoms with Crippen molar-refractivity contribution in [2.75, 3.05) is 6.61 Å². The second kappa shape index (κ2) is 6.07. The molecule has 1 rings (SSSR count). The second-order valence-corrected chi connectivity index (χ2v) is 4.38. The van der Waals surface area contributed by atoms with Crippen molar-refractivity contribution in [1.29, 1.82) is 0 Å². The molecular formula is C12H13Cl2NO3. The highest BCUT2D eigenvalue weighted by molar-refractivity contribution is 6.37. The predicted molar refractivity (Wildman–Crippen MR) is 71.0 cm³/mol. The molecule has 0 aliphatic carbocycles. The number of ether oxygens (including phenoxy) is 1. The van der Waals surface area contributed by atoms with Gasteiger partial charge in [-0.1, -0.05) is 29.8 Å². The van der Waals surface area contributed by atoms with Gasteiger partial charge in [0.05, 0.1) is 22.6 Å². The van der Waals surface area contributed by atoms with Gasteiger partial charge in [-0.15, -0.1) is 0 Å². The Morgan fingerprint density at radius 1 is 1.61 bits per heavy atom. The minimum atomic E-state index is -1.02. The molecular weight excluding hydrogens is 277 g/mol. The van der Waals surface area contributed by atoms with Crippen molar-refractivity contribution in [2.45, 2.75) is 19.8 Å². The molecule has 0 aliphatic heterocycles. The second-order valence-electron chi connectivity index (χ2n) is 3.60. The van der Waals surface area contributed by atoms with Crippen LogP contribution in [0.4, 0.5) is 0 Å². The lowest BCUT2D eigenvalue weighted by atomic mass is 10.0. The van der Waals surface area contributed by atoms with E-state index in [2.05, 4.69) is 11.6 Å². The molecule has 0 radical (unpaired) electrons. The first-order valence-electron chi connectivity index (χ1n) is 5.28. The molecule has 0 amide bonds. The number of rotatable bonds is 5. The molecule has 1 aromatic heterocycles. The Kier molecular flexibility index (Phi) is 4.99. The summed E-state index contributed by atoms with van der Waals surface area (Å²) in [7, 11) is 0. The van der Waals surface area contributed by atoms with Gasteiger partial charge >= 0.3 is 5.97 Å². The van der Waals surface area contributed by atoms with Crippen LogP contribution in [-0.2, 0) is 9.53 Å². The number of aromatic nitrogens is 1. The lowest BCUT2D eigenvalue weighted by Crippen LogP contribution is -2.10. The van der Waals surface area contributed by atoms with Gasteiger partial charge in [-0.05, 0) is 13.8 Å². The fourth-order valence-electron chi connectivity index (χ4n) is 1.44. The van der Waals surface area contributed by atoms with Crippen LogP contribution in [0.15, 0.2) is 12.8 Å². The maximum atomic E-state index is 11.0. The van der Waals surface area contributed by atoms with Crippen molar-refractivity contribution in [2.24, 2.45) is 0 Å². The summed E-state index contributed by atoms with van der Waals surface area (Å²) in [6.07, 6.45) is 1.35. The highest BCUT2D eigenvalue weighted by Gasteiger charge is 2.24. The average Bonchev–Trinajstić information content (AvgIpc) is 2.28. The van der Waals surface area contributed by atoms with Gasteiger partial charge in [0.1, 0.15) is 11.5 Å². The molecule has 1 unspecified atom stereocenters. The Balaban J connectivity index is 3.31. The first-order valence-corrected chi connectivity index (χ1v) is 6.04. The number of carbonyl (C=O) groups is 1. The van der Waals surface area contributed by atoms with E-state index in [9.17, 15) is 4.79 Å². The van der Waals surface area contributed by atoms with Gasteiger partial charge in [0.2, 0.25) is 0 Å². The van der Waals surface area contributed by atoms with Crippen LogP contribution in [0.3, 0.4) is 0 Å². The Bertz CT molecular complexity index is 488. The molecule has 6 heteroatoms. The van der Waals surface area contributed by atoms with Gasteiger partial charge < -0.3 is 9.84 Å². The number of hydrogen-bond donors (Lipinski definition) is 1. The maximum absolute atomic E-state index is 11.0. The summed E-state index contributed by atoms with van der Waals surface area (Å²) in [5.74, 6) is -1.56. The van der Waals surface area contributed by atoms with Gasteiger partial charge in [-0.25, -0.2) is 4.98 Å². The van der Waals surface area contributed by atoms with E-state index >= 15 is 0 Å². The van der Waals surface area contributed by atoms with Crippen molar-refractivity contribution in [3.8, 4) is 0 Å². The fraction of sp³-hybridized carbons (Fsp3) is 0.333. The third-order valence-corrected chi connectivity index (χ3v) is 3.08. The van der Waals surface area contributed by atoms with E-state index in [1.165, 1.54) is 13.1 Å². The number of halogens is 2. The topological polar surface area (TPSA) is 59.4 Å². The third-order valence-electron chi connectivity index (χ3n) is 2.39. The summed E-state index contributed by atoms with van der Waals surface area (Å²) in [5, 5.41) is 9.40. The lowest BCUT2D eigenvalue weighted by molar-refractivity contribution is -0.138. The highest BCUT2D eigenvalue weighted by atomic mass is 35.5. The largest absolute Gasteiger partial charge is 0.492 e. The predicted octanol–water partition coefficient (Wildman–Crippen LogP) is 3.58. The van der Waals surface area contributed by atoms with Crippen molar-refractivity contribution >= 4 is 34.9 Å². The maximum Gasteiger partial charge on any atom is 0.310 e. The lowest BCUT2D eigenvalue weighted by Gasteiger charge is -2.15. The molecule has 0 bridgehead atoms. The number of pyridine rings is 1. The van der Waals surface area contributed by atoms with E-state index < -0.39 is 11.9 Å². The molecule has 0 saturated heterocycles. The normalized spacial score (nSPS) is 12.0. The van der Waals surface area contributed by atoms with Crippen LogP contribution >= 0.6 is 23.2 Å². The van der Waals surface area contributed by atoms with Crippen LogP contribution in [0.2, 0.25) is 10.0 Å². The highest BCUT2D eigenvalue weighted by Crippen LogP contribution is 2.35. The summed E-state index contributed by atoms with van der Waals surface area (Å²) < 4.78 is 5.21. The monoisotopic (exact) mass is 289 g/mol. The van der Waals surface area contributed by atoms with E-state index in [0.717, 1.165) is 0 Å². The van der Waals surface area contributed by atoms with E-state index in [1.54, 1.807) is 6.92 Å². The smallest absolute Gasteiger partial charge is 0.310 e. The molecule has 0 aliphatic rings. The van der Waals surface area contributed by atoms with Crippen molar-refractivity contribution in [3.63, 3.8) is 0 Å². The molecule has 0 saturated carbocycles. The molecule has 1 atom stereocenters. The molecule has 0 fully saturated rings. The first-order chi connectivity index (χ1) is 8.40. The third kappa shape index (κ3) is 2.94. The number of carboxylic acids is 1. The van der Waals surface area contributed by atoms with Gasteiger partial charge in [0.15, 0.2) is 0 Å². The van der Waals surface area contributed by atoms with Crippen molar-refractivity contribution in [3.05, 3.63) is 34.1 Å². The van der Waals surface area contributed by atoms with Gasteiger partial charge in [0.25, 0.3) is 0 Å². The minimum Gasteiger partial charge on any atom is -0.492 e. The summed E-state index contributed by atoms with van der Waals surface area (Å²) in [6.45, 7) is 7.41. The van der Waals surface area contributed by atoms with Crippen LogP contribution in [-0.4, -0.2) is 22.7 Å². The summed E-state index contributed by atoms with van der Waals surface area (Å²) in [4.78, 5) is 15.0. The number of carboxylic acid groups (broad SMARTS) is 1. The first kappa shape index (κ1) is 14.8. The number of nitrogens with zero attached hydrogens (tertiary/aromatic N) is 1. The molecule has 1 N–H and O–H groups in total. The summed E-state index contributed by atoms with van der Waals surface area (Å²) in [6, 6.07) is 0. The standard InChI is InChI=1S/C12H13Cl2NO3/c1-4-18-7(3)11-10(14)9(6(2)12(16)17)8(13)5-15-11/h5-6H,3-4H2,1-2H3,(H,16,17). The zero-order valence-corrected chi connectivity index (χ0v) is 11.5. The summed E-state index contributed by atoms with van der Waals surface area (Å²) >= 11 is 12.1. The van der Waals surface area contributed by atoms with Crippen molar-refractivity contribution in [1.82, 2.24) is 4.98 Å². The quantitative estimate of drug-likeness (QED) is 0.842. The fourth-order valence-corrected chi connectivity index (χ4v) is 2.21. The van der Waals surface area contributed by atoms with Crippen LogP contribution in [0, 0.1) is 0 Å². The molecule has 18 heavy (non-hydrogen) atoms. The minimum absolute atomic E-state index is 0.163. The van der Waals surface area contributed by atoms with E-state index in [1.807, 2.05) is 0 Å². The molecule has 4 nitrogen and oxygen atoms in total. The molecule has 1 aromatic rings. The molecule has 1 heterocycles. The molecule has 0 spiro atoms. The number of hydrogen-bond acceptors (Lipinski definition) is 3. The Morgan fingerprint density at radius 2 is 2.22 bits per heavy atom. The molecule has 98 valence electrons. The van der Waals surface area contributed by atoms with Crippen LogP contribution in [0.1, 0.15) is 31.0 Å². The Labute approximate surface area is 115 Å². The molecule has 0 aromatic carbocycles. The SMILES string of the molecule is C=C(OCC)c1ncc(Cl)c(C(C)C(=O)O)c1Cl. The zero-order chi connectivity index (χ0) is 13.9. The van der Waals surface area contributed by atoms with Gasteiger partial charge in [-0.3, -0.25) is 4.79 Å². The van der Waals surface area contributed by atoms with Gasteiger partial charge in [0, 0.05) is 11.8 Å². The Hall–Kier alpha value is -1.26. The van der Waals surface area contributed by atoms with Crippen LogP contribution < -0.4 is 0 Å². The van der Waals surface area contributed by atoms with Crippen molar-refractivity contribution < 1.29 is 14.6 Å². The van der Waals surface area contributed by atoms with E-state index in [4.69, 9.17) is 33.0 Å². The summed E-state index contributed by atoms with van der Waals surface area (Å²) in [5.41, 5.74) is 0.628. The average molecular weight is 290 g/mol. The Morgan fingerprint density at radius 3 is 2.72 bits per heavy atom. The van der Waals surface area contributed by atoms with E-state index in [-0.39, 0.29) is 15.8 Å². The van der Waals surface area contributed by atoms with Crippen LogP contribution in [0.25, 0.3) is 5.76 Å². The number of aliphatic carboxylic acids is 1. The van der Waals surface area contributed by atoms with Gasteiger partial charge in [-0.2, -0.15) is 0 Å². The van der Waals surface area contributed by atoms with E-state index in [0.29, 0.717) is 17.9 Å². The zero-order valence-electron chi connectivity index (χ0n) is 10.0. The van der Waals surface area contributed by atoms with Crippen LogP contribution in [0.5, 0.6) is 0 Å².